The average molecular weight is 474 g/mol. The first-order valence-electron chi connectivity index (χ1n) is 10.8. The highest BCUT2D eigenvalue weighted by Gasteiger charge is 2.18. The number of hydrogen-bond donors (Lipinski definition) is 0. The largest absolute Gasteiger partial charge is 0.423 e. The Hall–Kier alpha value is -3.48. The predicted molar refractivity (Wildman–Crippen MR) is 121 cm³/mol. The Morgan fingerprint density at radius 2 is 1.68 bits per heavy atom. The first-order valence-corrected chi connectivity index (χ1v) is 10.8. The van der Waals surface area contributed by atoms with Crippen LogP contribution < -0.4 is 4.74 Å². The molecule has 3 rings (SSSR count). The smallest absolute Gasteiger partial charge is 0.346 e. The van der Waals surface area contributed by atoms with E-state index < -0.39 is 35.2 Å². The number of hydrogen-bond acceptors (Lipinski definition) is 2. The van der Waals surface area contributed by atoms with Gasteiger partial charge >= 0.3 is 5.97 Å². The Morgan fingerprint density at radius 1 is 0.882 bits per heavy atom. The van der Waals surface area contributed by atoms with E-state index >= 15 is 0 Å². The van der Waals surface area contributed by atoms with Gasteiger partial charge in [-0.15, -0.1) is 0 Å². The Balaban J connectivity index is 1.68. The molecular formula is C27H23F5O2. The zero-order valence-electron chi connectivity index (χ0n) is 18.5. The molecule has 0 N–H and O–H groups in total. The second-order valence-electron chi connectivity index (χ2n) is 7.76. The van der Waals surface area contributed by atoms with Crippen LogP contribution in [0, 0.1) is 17.5 Å². The van der Waals surface area contributed by atoms with Crippen LogP contribution in [-0.4, -0.2) is 5.97 Å². The lowest BCUT2D eigenvalue weighted by atomic mass is 10.0. The number of halogens is 5. The standard InChI is InChI=1S/C27H23F5O2/c1-2-3-4-5-17-6-9-19(23(28)14-17)10-7-18-8-12-22(24(29)15-18)27(33)34-20-11-13-21(26(31)32)25(30)16-20/h6-16,26H,2-5H2,1H3/b10-7+. The maximum atomic E-state index is 14.5. The Bertz CT molecular complexity index is 1190. The van der Waals surface area contributed by atoms with E-state index in [1.54, 1.807) is 6.07 Å². The van der Waals surface area contributed by atoms with Crippen LogP contribution >= 0.6 is 0 Å². The molecule has 3 aromatic rings. The highest BCUT2D eigenvalue weighted by atomic mass is 19.3. The van der Waals surface area contributed by atoms with Gasteiger partial charge in [0.15, 0.2) is 0 Å². The van der Waals surface area contributed by atoms with E-state index in [0.717, 1.165) is 49.4 Å². The molecule has 0 atom stereocenters. The second kappa shape index (κ2) is 11.6. The van der Waals surface area contributed by atoms with Gasteiger partial charge in [0.1, 0.15) is 23.2 Å². The van der Waals surface area contributed by atoms with Crippen molar-refractivity contribution in [3.8, 4) is 5.75 Å². The van der Waals surface area contributed by atoms with Gasteiger partial charge in [0.25, 0.3) is 6.43 Å². The summed E-state index contributed by atoms with van der Waals surface area (Å²) >= 11 is 0. The van der Waals surface area contributed by atoms with E-state index in [-0.39, 0.29) is 11.6 Å². The lowest BCUT2D eigenvalue weighted by Gasteiger charge is -2.08. The van der Waals surface area contributed by atoms with Crippen molar-refractivity contribution in [2.45, 2.75) is 39.0 Å². The highest BCUT2D eigenvalue weighted by molar-refractivity contribution is 5.91. The number of carbonyl (C=O) groups excluding carboxylic acids is 1. The minimum Gasteiger partial charge on any atom is -0.423 e. The van der Waals surface area contributed by atoms with Crippen LogP contribution in [-0.2, 0) is 6.42 Å². The van der Waals surface area contributed by atoms with E-state index in [2.05, 4.69) is 6.92 Å². The summed E-state index contributed by atoms with van der Waals surface area (Å²) in [6, 6.07) is 11.1. The normalized spacial score (nSPS) is 11.4. The molecule has 0 saturated carbocycles. The molecular weight excluding hydrogens is 451 g/mol. The second-order valence-corrected chi connectivity index (χ2v) is 7.76. The summed E-state index contributed by atoms with van der Waals surface area (Å²) in [4.78, 5) is 12.2. The van der Waals surface area contributed by atoms with Crippen molar-refractivity contribution in [2.24, 2.45) is 0 Å². The van der Waals surface area contributed by atoms with Crippen molar-refractivity contribution in [1.29, 1.82) is 0 Å². The zero-order chi connectivity index (χ0) is 24.7. The van der Waals surface area contributed by atoms with Crippen LogP contribution in [0.4, 0.5) is 22.0 Å². The molecule has 7 heteroatoms. The van der Waals surface area contributed by atoms with Crippen LogP contribution in [0.25, 0.3) is 12.2 Å². The summed E-state index contributed by atoms with van der Waals surface area (Å²) in [7, 11) is 0. The lowest BCUT2D eigenvalue weighted by molar-refractivity contribution is 0.0729. The maximum Gasteiger partial charge on any atom is 0.346 e. The molecule has 178 valence electrons. The number of benzene rings is 3. The third-order valence-electron chi connectivity index (χ3n) is 5.22. The van der Waals surface area contributed by atoms with Gasteiger partial charge in [-0.1, -0.05) is 50.1 Å². The van der Waals surface area contributed by atoms with Crippen LogP contribution in [0.15, 0.2) is 54.6 Å². The first kappa shape index (κ1) is 25.1. The van der Waals surface area contributed by atoms with Gasteiger partial charge in [0.05, 0.1) is 11.1 Å². The van der Waals surface area contributed by atoms with Gasteiger partial charge in [0.2, 0.25) is 0 Å². The third-order valence-corrected chi connectivity index (χ3v) is 5.22. The van der Waals surface area contributed by atoms with Crippen LogP contribution in [0.5, 0.6) is 5.75 Å². The molecule has 0 aliphatic heterocycles. The number of alkyl halides is 2. The van der Waals surface area contributed by atoms with Crippen molar-refractivity contribution in [2.75, 3.05) is 0 Å². The summed E-state index contributed by atoms with van der Waals surface area (Å²) < 4.78 is 72.6. The van der Waals surface area contributed by atoms with Crippen molar-refractivity contribution in [3.05, 3.63) is 99.9 Å². The molecule has 0 spiro atoms. The fraction of sp³-hybridized carbons (Fsp3) is 0.222. The van der Waals surface area contributed by atoms with Crippen LogP contribution in [0.3, 0.4) is 0 Å². The van der Waals surface area contributed by atoms with Gasteiger partial charge in [0, 0.05) is 11.6 Å². The van der Waals surface area contributed by atoms with Crippen molar-refractivity contribution in [1.82, 2.24) is 0 Å². The molecule has 0 aliphatic rings. The minimum absolute atomic E-state index is 0.330. The molecule has 0 amide bonds. The van der Waals surface area contributed by atoms with E-state index in [1.165, 1.54) is 30.4 Å². The van der Waals surface area contributed by atoms with Gasteiger partial charge in [-0.25, -0.2) is 26.7 Å². The molecule has 0 heterocycles. The Labute approximate surface area is 194 Å². The van der Waals surface area contributed by atoms with E-state index in [0.29, 0.717) is 17.2 Å². The number of esters is 1. The molecule has 0 bridgehead atoms. The third kappa shape index (κ3) is 6.53. The van der Waals surface area contributed by atoms with Gasteiger partial charge in [-0.05, 0) is 54.3 Å². The lowest BCUT2D eigenvalue weighted by Crippen LogP contribution is -2.11. The molecule has 2 nitrogen and oxygen atoms in total. The Kier molecular flexibility index (Phi) is 8.57. The molecule has 0 radical (unpaired) electrons. The molecule has 3 aromatic carbocycles. The quantitative estimate of drug-likeness (QED) is 0.103. The van der Waals surface area contributed by atoms with E-state index in [4.69, 9.17) is 4.74 Å². The minimum atomic E-state index is -3.01. The summed E-state index contributed by atoms with van der Waals surface area (Å²) in [5, 5.41) is 0. The highest BCUT2D eigenvalue weighted by Crippen LogP contribution is 2.26. The van der Waals surface area contributed by atoms with Gasteiger partial charge in [-0.3, -0.25) is 0 Å². The summed E-state index contributed by atoms with van der Waals surface area (Å²) in [6.07, 6.45) is 3.97. The summed E-state index contributed by atoms with van der Waals surface area (Å²) in [5.74, 6) is -3.95. The fourth-order valence-corrected chi connectivity index (χ4v) is 3.34. The molecule has 0 aliphatic carbocycles. The van der Waals surface area contributed by atoms with Crippen molar-refractivity contribution in [3.63, 3.8) is 0 Å². The molecule has 0 fully saturated rings. The topological polar surface area (TPSA) is 26.3 Å². The number of ether oxygens (including phenoxy) is 1. The number of aryl methyl sites for hydroxylation is 1. The zero-order valence-corrected chi connectivity index (χ0v) is 18.5. The number of carbonyl (C=O) groups is 1. The molecule has 0 unspecified atom stereocenters. The monoisotopic (exact) mass is 474 g/mol. The predicted octanol–water partition coefficient (Wildman–Crippen LogP) is 8.16. The van der Waals surface area contributed by atoms with E-state index in [9.17, 15) is 26.7 Å². The molecule has 34 heavy (non-hydrogen) atoms. The Morgan fingerprint density at radius 3 is 2.32 bits per heavy atom. The summed E-state index contributed by atoms with van der Waals surface area (Å²) in [6.45, 7) is 2.10. The number of rotatable bonds is 9. The first-order chi connectivity index (χ1) is 16.3. The van der Waals surface area contributed by atoms with Gasteiger partial charge < -0.3 is 4.74 Å². The van der Waals surface area contributed by atoms with Crippen LogP contribution in [0.1, 0.15) is 65.2 Å². The summed E-state index contributed by atoms with van der Waals surface area (Å²) in [5.41, 5.74) is 0.397. The van der Waals surface area contributed by atoms with E-state index in [1.807, 2.05) is 6.07 Å². The maximum absolute atomic E-state index is 14.5. The number of unbranched alkanes of at least 4 members (excludes halogenated alkanes) is 2. The van der Waals surface area contributed by atoms with Crippen molar-refractivity contribution >= 4 is 18.1 Å². The average Bonchev–Trinajstić information content (AvgIpc) is 2.78. The fourth-order valence-electron chi connectivity index (χ4n) is 3.34. The SMILES string of the molecule is CCCCCc1ccc(/C=C/c2ccc(C(=O)Oc3ccc(C(F)F)c(F)c3)c(F)c2)c(F)c1. The van der Waals surface area contributed by atoms with Crippen LogP contribution in [0.2, 0.25) is 0 Å². The van der Waals surface area contributed by atoms with Crippen molar-refractivity contribution < 1.29 is 31.5 Å². The molecule has 0 saturated heterocycles. The molecule has 0 aromatic heterocycles. The van der Waals surface area contributed by atoms with Gasteiger partial charge in [-0.2, -0.15) is 0 Å².